The zero-order chi connectivity index (χ0) is 18.9. The van der Waals surface area contributed by atoms with Crippen LogP contribution in [0.3, 0.4) is 0 Å². The third-order valence-electron chi connectivity index (χ3n) is 7.05. The van der Waals surface area contributed by atoms with Crippen molar-refractivity contribution in [3.05, 3.63) is 0 Å². The molecule has 0 aromatic rings. The molecule has 1 aliphatic rings. The minimum Gasteiger partial charge on any atom is -0.0654 e. The lowest BCUT2D eigenvalue weighted by Crippen LogP contribution is -2.21. The van der Waals surface area contributed by atoms with E-state index in [9.17, 15) is 0 Å². The van der Waals surface area contributed by atoms with Crippen molar-refractivity contribution in [2.24, 2.45) is 17.8 Å². The number of hydrogen-bond acceptors (Lipinski definition) is 0. The van der Waals surface area contributed by atoms with Gasteiger partial charge < -0.3 is 0 Å². The van der Waals surface area contributed by atoms with Gasteiger partial charge >= 0.3 is 0 Å². The van der Waals surface area contributed by atoms with E-state index in [0.29, 0.717) is 0 Å². The van der Waals surface area contributed by atoms with Gasteiger partial charge in [-0.1, -0.05) is 143 Å². The Morgan fingerprint density at radius 2 is 0.962 bits per heavy atom. The summed E-state index contributed by atoms with van der Waals surface area (Å²) in [5, 5.41) is 0. The first-order valence-corrected chi connectivity index (χ1v) is 12.7. The van der Waals surface area contributed by atoms with Gasteiger partial charge in [-0.15, -0.1) is 0 Å². The van der Waals surface area contributed by atoms with Crippen molar-refractivity contribution in [3.8, 4) is 0 Å². The standard InChI is InChI=1S/C26H52/c1-4-5-6-7-8-9-10-11-12-13-14-15-16-17-18-19-20-26-23-24(2)21-22-25(26)3/h24-26H,4-23H2,1-3H3. The average Bonchev–Trinajstić information content (AvgIpc) is 2.64. The predicted octanol–water partition coefficient (Wildman–Crippen LogP) is 9.71. The van der Waals surface area contributed by atoms with Gasteiger partial charge in [0.05, 0.1) is 0 Å². The van der Waals surface area contributed by atoms with Crippen LogP contribution in [0.2, 0.25) is 0 Å². The molecule has 0 bridgehead atoms. The highest BCUT2D eigenvalue weighted by molar-refractivity contribution is 4.75. The van der Waals surface area contributed by atoms with Gasteiger partial charge in [0.25, 0.3) is 0 Å². The Balaban J connectivity index is 1.74. The van der Waals surface area contributed by atoms with Crippen LogP contribution in [0.4, 0.5) is 0 Å². The van der Waals surface area contributed by atoms with Crippen LogP contribution < -0.4 is 0 Å². The smallest absolute Gasteiger partial charge is 0.0386 e. The van der Waals surface area contributed by atoms with Crippen LogP contribution in [0.1, 0.15) is 149 Å². The van der Waals surface area contributed by atoms with Gasteiger partial charge in [0.1, 0.15) is 0 Å². The fraction of sp³-hybridized carbons (Fsp3) is 1.00. The molecule has 0 N–H and O–H groups in total. The van der Waals surface area contributed by atoms with E-state index in [1.807, 2.05) is 0 Å². The van der Waals surface area contributed by atoms with E-state index in [-0.39, 0.29) is 0 Å². The van der Waals surface area contributed by atoms with E-state index < -0.39 is 0 Å². The lowest BCUT2D eigenvalue weighted by atomic mass is 9.73. The molecule has 0 nitrogen and oxygen atoms in total. The summed E-state index contributed by atoms with van der Waals surface area (Å²) in [6, 6.07) is 0. The van der Waals surface area contributed by atoms with E-state index in [0.717, 1.165) is 17.8 Å². The van der Waals surface area contributed by atoms with Crippen LogP contribution in [0.5, 0.6) is 0 Å². The van der Waals surface area contributed by atoms with E-state index in [1.165, 1.54) is 128 Å². The highest BCUT2D eigenvalue weighted by atomic mass is 14.3. The molecule has 1 saturated carbocycles. The third kappa shape index (κ3) is 13.2. The lowest BCUT2D eigenvalue weighted by molar-refractivity contribution is 0.189. The van der Waals surface area contributed by atoms with Crippen LogP contribution in [0.25, 0.3) is 0 Å². The van der Waals surface area contributed by atoms with Gasteiger partial charge in [-0.3, -0.25) is 0 Å². The van der Waals surface area contributed by atoms with E-state index in [4.69, 9.17) is 0 Å². The average molecular weight is 365 g/mol. The Morgan fingerprint density at radius 3 is 1.42 bits per heavy atom. The summed E-state index contributed by atoms with van der Waals surface area (Å²) in [6.07, 6.45) is 29.7. The van der Waals surface area contributed by atoms with Crippen molar-refractivity contribution >= 4 is 0 Å². The maximum absolute atomic E-state index is 2.50. The predicted molar refractivity (Wildman–Crippen MR) is 120 cm³/mol. The van der Waals surface area contributed by atoms with Gasteiger partial charge in [0.15, 0.2) is 0 Å². The van der Waals surface area contributed by atoms with E-state index in [1.54, 1.807) is 0 Å². The van der Waals surface area contributed by atoms with Crippen molar-refractivity contribution in [1.82, 2.24) is 0 Å². The molecule has 3 atom stereocenters. The van der Waals surface area contributed by atoms with Crippen LogP contribution >= 0.6 is 0 Å². The molecule has 0 heterocycles. The Bertz CT molecular complexity index is 282. The summed E-state index contributed by atoms with van der Waals surface area (Å²) in [5.41, 5.74) is 0. The molecule has 0 aromatic heterocycles. The molecule has 26 heavy (non-hydrogen) atoms. The molecule has 0 aromatic carbocycles. The summed E-state index contributed by atoms with van der Waals surface area (Å²) in [6.45, 7) is 7.27. The summed E-state index contributed by atoms with van der Waals surface area (Å²) in [5.74, 6) is 3.05. The highest BCUT2D eigenvalue weighted by Gasteiger charge is 2.24. The molecule has 1 rings (SSSR count). The van der Waals surface area contributed by atoms with Gasteiger partial charge in [-0.2, -0.15) is 0 Å². The fourth-order valence-electron chi connectivity index (χ4n) is 5.01. The summed E-state index contributed by atoms with van der Waals surface area (Å²) in [7, 11) is 0. The van der Waals surface area contributed by atoms with Crippen molar-refractivity contribution in [1.29, 1.82) is 0 Å². The van der Waals surface area contributed by atoms with Gasteiger partial charge in [0.2, 0.25) is 0 Å². The number of hydrogen-bond donors (Lipinski definition) is 0. The molecule has 0 amide bonds. The van der Waals surface area contributed by atoms with Gasteiger partial charge in [0, 0.05) is 0 Å². The third-order valence-corrected chi connectivity index (χ3v) is 7.05. The van der Waals surface area contributed by atoms with Crippen molar-refractivity contribution < 1.29 is 0 Å². The monoisotopic (exact) mass is 364 g/mol. The van der Waals surface area contributed by atoms with E-state index in [2.05, 4.69) is 20.8 Å². The zero-order valence-corrected chi connectivity index (χ0v) is 18.9. The molecule has 0 aliphatic heterocycles. The van der Waals surface area contributed by atoms with E-state index >= 15 is 0 Å². The Hall–Kier alpha value is 0. The first-order chi connectivity index (χ1) is 12.7. The van der Waals surface area contributed by atoms with Crippen LogP contribution in [-0.2, 0) is 0 Å². The highest BCUT2D eigenvalue weighted by Crippen LogP contribution is 2.36. The minimum atomic E-state index is 0.997. The molecule has 0 spiro atoms. The topological polar surface area (TPSA) is 0 Å². The second-order valence-electron chi connectivity index (χ2n) is 9.75. The number of unbranched alkanes of at least 4 members (excludes halogenated alkanes) is 15. The minimum absolute atomic E-state index is 0.997. The molecule has 1 aliphatic carbocycles. The zero-order valence-electron chi connectivity index (χ0n) is 18.9. The fourth-order valence-corrected chi connectivity index (χ4v) is 5.01. The lowest BCUT2D eigenvalue weighted by Gasteiger charge is -2.32. The molecule has 0 saturated heterocycles. The molecule has 156 valence electrons. The summed E-state index contributed by atoms with van der Waals surface area (Å²) in [4.78, 5) is 0. The Morgan fingerprint density at radius 1 is 0.538 bits per heavy atom. The molecule has 3 unspecified atom stereocenters. The molecular formula is C26H52. The first kappa shape index (κ1) is 24.0. The summed E-state index contributed by atoms with van der Waals surface area (Å²) < 4.78 is 0. The largest absolute Gasteiger partial charge is 0.0654 e. The van der Waals surface area contributed by atoms with Crippen LogP contribution in [0, 0.1) is 17.8 Å². The molecule has 0 heteroatoms. The normalized spacial score (nSPS) is 23.4. The Labute approximate surface area is 167 Å². The van der Waals surface area contributed by atoms with Gasteiger partial charge in [-0.05, 0) is 24.2 Å². The molecule has 0 radical (unpaired) electrons. The van der Waals surface area contributed by atoms with Crippen molar-refractivity contribution in [2.75, 3.05) is 0 Å². The quantitative estimate of drug-likeness (QED) is 0.225. The van der Waals surface area contributed by atoms with Crippen molar-refractivity contribution in [2.45, 2.75) is 149 Å². The maximum atomic E-state index is 2.50. The Kier molecular flexibility index (Phi) is 15.8. The first-order valence-electron chi connectivity index (χ1n) is 12.7. The van der Waals surface area contributed by atoms with Gasteiger partial charge in [-0.25, -0.2) is 0 Å². The van der Waals surface area contributed by atoms with Crippen LogP contribution in [-0.4, -0.2) is 0 Å². The van der Waals surface area contributed by atoms with Crippen molar-refractivity contribution in [3.63, 3.8) is 0 Å². The number of rotatable bonds is 17. The molecular weight excluding hydrogens is 312 g/mol. The summed E-state index contributed by atoms with van der Waals surface area (Å²) >= 11 is 0. The SMILES string of the molecule is CCCCCCCCCCCCCCCCCCC1CC(C)CCC1C. The van der Waals surface area contributed by atoms with Crippen LogP contribution in [0.15, 0.2) is 0 Å². The maximum Gasteiger partial charge on any atom is -0.0386 e. The molecule has 1 fully saturated rings. The second kappa shape index (κ2) is 17.1. The second-order valence-corrected chi connectivity index (χ2v) is 9.75.